The van der Waals surface area contributed by atoms with E-state index in [4.69, 9.17) is 9.47 Å². The third-order valence-electron chi connectivity index (χ3n) is 4.23. The predicted molar refractivity (Wildman–Crippen MR) is 75.8 cm³/mol. The lowest BCUT2D eigenvalue weighted by Crippen LogP contribution is -2.50. The Morgan fingerprint density at radius 2 is 2.05 bits per heavy atom. The molecule has 0 amide bonds. The van der Waals surface area contributed by atoms with Crippen molar-refractivity contribution in [1.29, 1.82) is 0 Å². The van der Waals surface area contributed by atoms with Gasteiger partial charge in [0.15, 0.2) is 0 Å². The third-order valence-corrected chi connectivity index (χ3v) is 4.23. The molecule has 2 N–H and O–H groups in total. The number of rotatable bonds is 9. The zero-order valence-corrected chi connectivity index (χ0v) is 12.4. The fraction of sp³-hybridized carbons (Fsp3) is 0.933. The highest BCUT2D eigenvalue weighted by atomic mass is 16.5. The van der Waals surface area contributed by atoms with E-state index in [1.807, 2.05) is 0 Å². The summed E-state index contributed by atoms with van der Waals surface area (Å²) in [5.74, 6) is -0.145. The van der Waals surface area contributed by atoms with Gasteiger partial charge in [-0.2, -0.15) is 0 Å². The monoisotopic (exact) mass is 285 g/mol. The Kier molecular flexibility index (Phi) is 5.81. The Hall–Kier alpha value is -0.650. The second kappa shape index (κ2) is 7.38. The molecule has 0 bridgehead atoms. The van der Waals surface area contributed by atoms with Crippen LogP contribution >= 0.6 is 0 Å². The third kappa shape index (κ3) is 5.04. The van der Waals surface area contributed by atoms with Gasteiger partial charge in [-0.15, -0.1) is 0 Å². The molecule has 2 aliphatic rings. The lowest BCUT2D eigenvalue weighted by atomic mass is 9.96. The van der Waals surface area contributed by atoms with Crippen molar-refractivity contribution in [2.45, 2.75) is 57.0 Å². The van der Waals surface area contributed by atoms with E-state index < -0.39 is 11.5 Å². The van der Waals surface area contributed by atoms with Crippen LogP contribution in [0.1, 0.15) is 45.4 Å². The second-order valence-corrected chi connectivity index (χ2v) is 6.29. The van der Waals surface area contributed by atoms with Gasteiger partial charge in [-0.3, -0.25) is 10.1 Å². The zero-order valence-electron chi connectivity index (χ0n) is 12.4. The van der Waals surface area contributed by atoms with Crippen molar-refractivity contribution >= 4 is 5.97 Å². The molecular formula is C15H27NO4. The number of ether oxygens (including phenoxy) is 2. The van der Waals surface area contributed by atoms with Crippen molar-refractivity contribution in [3.8, 4) is 0 Å². The Balaban J connectivity index is 1.59. The molecule has 20 heavy (non-hydrogen) atoms. The Morgan fingerprint density at radius 3 is 2.65 bits per heavy atom. The molecule has 5 nitrogen and oxygen atoms in total. The van der Waals surface area contributed by atoms with Crippen LogP contribution in [0, 0.1) is 5.92 Å². The first-order valence-corrected chi connectivity index (χ1v) is 7.77. The van der Waals surface area contributed by atoms with Gasteiger partial charge in [0, 0.05) is 32.5 Å². The van der Waals surface area contributed by atoms with Gasteiger partial charge >= 0.3 is 5.97 Å². The number of hydrogen-bond acceptors (Lipinski definition) is 4. The number of carbonyl (C=O) groups is 1. The standard InChI is InChI=1S/C15H27NO4/c1-15(14(17)18,16-13-3-4-13)7-2-8-20-11-12-5-9-19-10-6-12/h12-13,16H,2-11H2,1H3,(H,17,18). The summed E-state index contributed by atoms with van der Waals surface area (Å²) in [5.41, 5.74) is -0.802. The van der Waals surface area contributed by atoms with Gasteiger partial charge in [0.05, 0.1) is 0 Å². The average molecular weight is 285 g/mol. The van der Waals surface area contributed by atoms with Gasteiger partial charge in [0.25, 0.3) is 0 Å². The molecule has 1 saturated carbocycles. The van der Waals surface area contributed by atoms with Crippen LogP contribution in [0.4, 0.5) is 0 Å². The van der Waals surface area contributed by atoms with E-state index in [-0.39, 0.29) is 0 Å². The van der Waals surface area contributed by atoms with Gasteiger partial charge in [0.2, 0.25) is 0 Å². The van der Waals surface area contributed by atoms with E-state index in [1.54, 1.807) is 6.92 Å². The molecule has 2 fully saturated rings. The highest BCUT2D eigenvalue weighted by Crippen LogP contribution is 2.25. The smallest absolute Gasteiger partial charge is 0.323 e. The van der Waals surface area contributed by atoms with Crippen molar-refractivity contribution < 1.29 is 19.4 Å². The van der Waals surface area contributed by atoms with Crippen molar-refractivity contribution in [3.63, 3.8) is 0 Å². The summed E-state index contributed by atoms with van der Waals surface area (Å²) in [7, 11) is 0. The maximum absolute atomic E-state index is 11.4. The quantitative estimate of drug-likeness (QED) is 0.632. The highest BCUT2D eigenvalue weighted by molar-refractivity contribution is 5.78. The van der Waals surface area contributed by atoms with Crippen LogP contribution in [0.15, 0.2) is 0 Å². The average Bonchev–Trinajstić information content (AvgIpc) is 3.23. The molecule has 2 rings (SSSR count). The number of carboxylic acids is 1. The first-order chi connectivity index (χ1) is 9.60. The molecule has 1 unspecified atom stereocenters. The SMILES string of the molecule is CC(CCCOCC1CCOCC1)(NC1CC1)C(=O)O. The number of carboxylic acid groups (broad SMARTS) is 1. The minimum atomic E-state index is -0.802. The molecule has 0 aromatic heterocycles. The van der Waals surface area contributed by atoms with Gasteiger partial charge in [-0.1, -0.05) is 0 Å². The normalized spacial score (nSPS) is 23.4. The maximum atomic E-state index is 11.4. The van der Waals surface area contributed by atoms with Gasteiger partial charge < -0.3 is 14.6 Å². The Labute approximate surface area is 121 Å². The van der Waals surface area contributed by atoms with Crippen LogP contribution in [-0.2, 0) is 14.3 Å². The van der Waals surface area contributed by atoms with Gasteiger partial charge in [-0.05, 0) is 51.4 Å². The molecule has 1 heterocycles. The summed E-state index contributed by atoms with van der Waals surface area (Å²) in [4.78, 5) is 11.4. The van der Waals surface area contributed by atoms with Crippen LogP contribution in [0.2, 0.25) is 0 Å². The molecule has 0 aromatic carbocycles. The van der Waals surface area contributed by atoms with E-state index in [2.05, 4.69) is 5.32 Å². The molecule has 1 saturated heterocycles. The molecule has 0 radical (unpaired) electrons. The predicted octanol–water partition coefficient (Wildman–Crippen LogP) is 1.81. The van der Waals surface area contributed by atoms with Crippen molar-refractivity contribution in [2.24, 2.45) is 5.92 Å². The minimum Gasteiger partial charge on any atom is -0.480 e. The Bertz CT molecular complexity index is 313. The summed E-state index contributed by atoms with van der Waals surface area (Å²) in [6, 6.07) is 0.402. The summed E-state index contributed by atoms with van der Waals surface area (Å²) >= 11 is 0. The van der Waals surface area contributed by atoms with E-state index in [0.29, 0.717) is 25.0 Å². The fourth-order valence-electron chi connectivity index (χ4n) is 2.61. The molecule has 5 heteroatoms. The summed E-state index contributed by atoms with van der Waals surface area (Å²) in [6.45, 7) is 4.90. The minimum absolute atomic E-state index is 0.402. The van der Waals surface area contributed by atoms with Crippen molar-refractivity contribution in [3.05, 3.63) is 0 Å². The maximum Gasteiger partial charge on any atom is 0.323 e. The first kappa shape index (κ1) is 15.7. The topological polar surface area (TPSA) is 67.8 Å². The van der Waals surface area contributed by atoms with E-state index in [0.717, 1.165) is 51.9 Å². The highest BCUT2D eigenvalue weighted by Gasteiger charge is 2.37. The van der Waals surface area contributed by atoms with E-state index >= 15 is 0 Å². The largest absolute Gasteiger partial charge is 0.480 e. The molecule has 1 aliphatic carbocycles. The van der Waals surface area contributed by atoms with Crippen LogP contribution < -0.4 is 5.32 Å². The van der Waals surface area contributed by atoms with Gasteiger partial charge in [0.1, 0.15) is 5.54 Å². The van der Waals surface area contributed by atoms with Crippen LogP contribution in [0.5, 0.6) is 0 Å². The van der Waals surface area contributed by atoms with Crippen LogP contribution in [-0.4, -0.2) is 49.1 Å². The molecule has 116 valence electrons. The molecule has 0 aromatic rings. The molecule has 1 aliphatic heterocycles. The number of hydrogen-bond donors (Lipinski definition) is 2. The van der Waals surface area contributed by atoms with Crippen molar-refractivity contribution in [1.82, 2.24) is 5.32 Å². The van der Waals surface area contributed by atoms with Gasteiger partial charge in [-0.25, -0.2) is 0 Å². The summed E-state index contributed by atoms with van der Waals surface area (Å²) in [6.07, 6.45) is 5.76. The van der Waals surface area contributed by atoms with E-state index in [9.17, 15) is 9.90 Å². The lowest BCUT2D eigenvalue weighted by molar-refractivity contribution is -0.144. The summed E-state index contributed by atoms with van der Waals surface area (Å²) < 4.78 is 11.0. The molecular weight excluding hydrogens is 258 g/mol. The van der Waals surface area contributed by atoms with E-state index in [1.165, 1.54) is 0 Å². The second-order valence-electron chi connectivity index (χ2n) is 6.29. The van der Waals surface area contributed by atoms with Crippen LogP contribution in [0.25, 0.3) is 0 Å². The Morgan fingerprint density at radius 1 is 1.35 bits per heavy atom. The molecule has 1 atom stereocenters. The molecule has 0 spiro atoms. The first-order valence-electron chi connectivity index (χ1n) is 7.77. The number of aliphatic carboxylic acids is 1. The van der Waals surface area contributed by atoms with Crippen molar-refractivity contribution in [2.75, 3.05) is 26.4 Å². The fourth-order valence-corrected chi connectivity index (χ4v) is 2.61. The zero-order chi connectivity index (χ0) is 14.4. The summed E-state index contributed by atoms with van der Waals surface area (Å²) in [5, 5.41) is 12.6. The van der Waals surface area contributed by atoms with Crippen LogP contribution in [0.3, 0.4) is 0 Å². The lowest BCUT2D eigenvalue weighted by Gasteiger charge is -2.26. The number of nitrogens with one attached hydrogen (secondary N) is 1.